The van der Waals surface area contributed by atoms with Gasteiger partial charge in [0.25, 0.3) is 0 Å². The van der Waals surface area contributed by atoms with Crippen LogP contribution < -0.4 is 29.6 Å². The molecular weight excluding hydrogens is 170 g/mol. The van der Waals surface area contributed by atoms with Gasteiger partial charge in [-0.3, -0.25) is 0 Å². The van der Waals surface area contributed by atoms with Crippen molar-refractivity contribution in [3.05, 3.63) is 0 Å². The second-order valence-electron chi connectivity index (χ2n) is 3.54. The Morgan fingerprint density at radius 1 is 0.500 bits per heavy atom. The molecule has 2 fully saturated rings. The normalized spacial score (nSPS) is 20.0. The molecule has 2 aliphatic carbocycles. The largest absolute Gasteiger partial charge is 1.00 e. The van der Waals surface area contributed by atoms with E-state index in [1.165, 1.54) is 64.2 Å². The van der Waals surface area contributed by atoms with Crippen LogP contribution in [0.5, 0.6) is 0 Å². The van der Waals surface area contributed by atoms with Gasteiger partial charge < -0.3 is 1.43 Å². The molecule has 0 nitrogen and oxygen atoms in total. The predicted molar refractivity (Wildman–Crippen MR) is 61.4 cm³/mol. The van der Waals surface area contributed by atoms with E-state index in [0.717, 1.165) is 0 Å². The molecule has 2 aliphatic rings. The Morgan fingerprint density at radius 3 is 0.667 bits per heavy atom. The van der Waals surface area contributed by atoms with Crippen molar-refractivity contribution >= 4 is 17.4 Å². The van der Waals surface area contributed by atoms with E-state index in [1.54, 1.807) is 0 Å². The molecule has 0 N–H and O–H groups in total. The third-order valence-corrected chi connectivity index (χ3v) is 2.50. The molecule has 0 atom stereocenters. The molecule has 0 aliphatic heterocycles. The van der Waals surface area contributed by atoms with Crippen molar-refractivity contribution in [2.24, 2.45) is 0 Å². The van der Waals surface area contributed by atoms with E-state index < -0.39 is 0 Å². The zero-order valence-corrected chi connectivity index (χ0v) is 10.1. The molecule has 12 heavy (non-hydrogen) atoms. The summed E-state index contributed by atoms with van der Waals surface area (Å²) in [6, 6.07) is 0. The average Bonchev–Trinajstić information content (AvgIpc) is 2.67. The van der Waals surface area contributed by atoms with Gasteiger partial charge in [-0.2, -0.15) is 0 Å². The minimum absolute atomic E-state index is 0. The first kappa shape index (κ1) is 16.0. The first-order valence-corrected chi connectivity index (χ1v) is 5.00. The monoisotopic (exact) mass is 198 g/mol. The Balaban J connectivity index is -0.0000000333. The van der Waals surface area contributed by atoms with Gasteiger partial charge in [-0.1, -0.05) is 64.2 Å². The minimum Gasteiger partial charge on any atom is -1.00 e. The molecule has 0 aromatic rings. The van der Waals surface area contributed by atoms with E-state index in [-0.39, 0.29) is 51.2 Å². The van der Waals surface area contributed by atoms with Crippen molar-refractivity contribution in [2.45, 2.75) is 64.2 Å². The second kappa shape index (κ2) is 12.5. The molecule has 2 rings (SSSR count). The maximum atomic E-state index is 1.50. The molecule has 0 radical (unpaired) electrons. The summed E-state index contributed by atoms with van der Waals surface area (Å²) < 4.78 is 0. The van der Waals surface area contributed by atoms with Crippen LogP contribution in [0, 0.1) is 0 Å². The molecule has 2 heteroatoms. The summed E-state index contributed by atoms with van der Waals surface area (Å²) in [5.74, 6) is 0. The van der Waals surface area contributed by atoms with E-state index in [4.69, 9.17) is 0 Å². The fraction of sp³-hybridized carbons (Fsp3) is 1.00. The molecule has 0 saturated heterocycles. The van der Waals surface area contributed by atoms with E-state index in [1.807, 2.05) is 0 Å². The zero-order valence-electron chi connectivity index (χ0n) is 9.07. The Morgan fingerprint density at radius 2 is 0.583 bits per heavy atom. The van der Waals surface area contributed by atoms with Crippen LogP contribution in [0.1, 0.15) is 68.5 Å². The quantitative estimate of drug-likeness (QED) is 0.492. The van der Waals surface area contributed by atoms with Crippen LogP contribution in [0.3, 0.4) is 0 Å². The minimum atomic E-state index is 0. The van der Waals surface area contributed by atoms with Crippen LogP contribution in [0.15, 0.2) is 0 Å². The third-order valence-electron chi connectivity index (χ3n) is 2.50. The van der Waals surface area contributed by atoms with Gasteiger partial charge in [0.1, 0.15) is 0 Å². The van der Waals surface area contributed by atoms with Gasteiger partial charge in [0.05, 0.1) is 0 Å². The number of hydrogen-bond acceptors (Lipinski definition) is 0. The second-order valence-corrected chi connectivity index (χ2v) is 3.54. The SMILES string of the molecule is C1CCCC1.C1CCCC1.[AlH3].[H-].[HH].[HH].[Na+]. The Hall–Kier alpha value is 1.53. The summed E-state index contributed by atoms with van der Waals surface area (Å²) in [6.45, 7) is 0. The molecule has 0 unspecified atom stereocenters. The summed E-state index contributed by atoms with van der Waals surface area (Å²) in [6.07, 6.45) is 15.0. The van der Waals surface area contributed by atoms with Crippen LogP contribution in [0.4, 0.5) is 0 Å². The molecule has 0 aromatic carbocycles. The van der Waals surface area contributed by atoms with Gasteiger partial charge in [0, 0.05) is 2.85 Å². The summed E-state index contributed by atoms with van der Waals surface area (Å²) in [4.78, 5) is 0. The predicted octanol–water partition coefficient (Wildman–Crippen LogP) is 0.326. The van der Waals surface area contributed by atoms with E-state index in [9.17, 15) is 0 Å². The fourth-order valence-corrected chi connectivity index (χ4v) is 1.77. The van der Waals surface area contributed by atoms with Crippen LogP contribution in [-0.4, -0.2) is 17.4 Å². The van der Waals surface area contributed by atoms with Crippen molar-refractivity contribution in [3.63, 3.8) is 0 Å². The van der Waals surface area contributed by atoms with Gasteiger partial charge in [0.2, 0.25) is 0 Å². The van der Waals surface area contributed by atoms with Crippen LogP contribution in [0.25, 0.3) is 0 Å². The van der Waals surface area contributed by atoms with Gasteiger partial charge in [-0.05, 0) is 0 Å². The van der Waals surface area contributed by atoms with Crippen molar-refractivity contribution in [3.8, 4) is 0 Å². The van der Waals surface area contributed by atoms with Crippen LogP contribution in [-0.2, 0) is 0 Å². The Labute approximate surface area is 115 Å². The first-order valence-electron chi connectivity index (χ1n) is 5.00. The van der Waals surface area contributed by atoms with Gasteiger partial charge in [-0.25, -0.2) is 0 Å². The molecule has 0 spiro atoms. The maximum Gasteiger partial charge on any atom is 1.00 e. The maximum absolute atomic E-state index is 1.50. The molecule has 72 valence electrons. The standard InChI is InChI=1S/2C5H10.Al.Na.2H2.4H/c2*1-2-4-5-3-1;;;;;;;;/h2*1-5H2;;;2*1H;;;;/q;;;+1;;;;;;-1. The topological polar surface area (TPSA) is 0 Å². The molecule has 2 saturated carbocycles. The summed E-state index contributed by atoms with van der Waals surface area (Å²) in [5, 5.41) is 0. The smallest absolute Gasteiger partial charge is 1.00 e. The summed E-state index contributed by atoms with van der Waals surface area (Å²) in [5.41, 5.74) is 0. The first-order chi connectivity index (χ1) is 5.00. The summed E-state index contributed by atoms with van der Waals surface area (Å²) in [7, 11) is 0. The Kier molecular flexibility index (Phi) is 16.7. The van der Waals surface area contributed by atoms with E-state index in [0.29, 0.717) is 0 Å². The fourth-order valence-electron chi connectivity index (χ4n) is 1.77. The van der Waals surface area contributed by atoms with Crippen molar-refractivity contribution in [1.82, 2.24) is 0 Å². The van der Waals surface area contributed by atoms with Crippen molar-refractivity contribution < 1.29 is 33.8 Å². The van der Waals surface area contributed by atoms with Crippen LogP contribution >= 0.6 is 0 Å². The molecule has 0 aromatic heterocycles. The van der Waals surface area contributed by atoms with Crippen molar-refractivity contribution in [1.29, 1.82) is 0 Å². The van der Waals surface area contributed by atoms with Gasteiger partial charge in [0.15, 0.2) is 17.4 Å². The average molecular weight is 198 g/mol. The zero-order chi connectivity index (χ0) is 7.07. The molecular formula is C10H28AlNa. The number of rotatable bonds is 0. The number of hydrogen-bond donors (Lipinski definition) is 0. The molecule has 0 amide bonds. The third kappa shape index (κ3) is 9.62. The van der Waals surface area contributed by atoms with Crippen LogP contribution in [0.2, 0.25) is 0 Å². The van der Waals surface area contributed by atoms with E-state index >= 15 is 0 Å². The summed E-state index contributed by atoms with van der Waals surface area (Å²) >= 11 is 0. The van der Waals surface area contributed by atoms with Gasteiger partial charge in [-0.15, -0.1) is 0 Å². The molecule has 0 heterocycles. The van der Waals surface area contributed by atoms with Crippen molar-refractivity contribution in [2.75, 3.05) is 0 Å². The van der Waals surface area contributed by atoms with E-state index in [2.05, 4.69) is 0 Å². The Bertz CT molecular complexity index is 53.8. The molecule has 0 bridgehead atoms. The van der Waals surface area contributed by atoms with Gasteiger partial charge >= 0.3 is 29.6 Å².